The molecule has 0 unspecified atom stereocenters. The summed E-state index contributed by atoms with van der Waals surface area (Å²) in [5.74, 6) is -0.590. The summed E-state index contributed by atoms with van der Waals surface area (Å²) in [6, 6.07) is 4.40. The number of nitrogens with zero attached hydrogens (tertiary/aromatic N) is 1. The molecule has 0 saturated heterocycles. The van der Waals surface area contributed by atoms with Crippen LogP contribution in [-0.2, 0) is 14.3 Å². The van der Waals surface area contributed by atoms with Gasteiger partial charge in [0, 0.05) is 24.4 Å². The fourth-order valence-corrected chi connectivity index (χ4v) is 2.42. The van der Waals surface area contributed by atoms with Crippen LogP contribution in [0.5, 0.6) is 0 Å². The molecule has 1 aliphatic rings. The van der Waals surface area contributed by atoms with Gasteiger partial charge < -0.3 is 20.1 Å². The highest BCUT2D eigenvalue weighted by Gasteiger charge is 2.32. The number of nitro benzene ring substituents is 1. The van der Waals surface area contributed by atoms with Gasteiger partial charge in [-0.3, -0.25) is 10.1 Å². The minimum atomic E-state index is -0.755. The summed E-state index contributed by atoms with van der Waals surface area (Å²) in [4.78, 5) is 34.4. The Labute approximate surface area is 144 Å². The van der Waals surface area contributed by atoms with Crippen molar-refractivity contribution in [1.82, 2.24) is 10.6 Å². The van der Waals surface area contributed by atoms with Gasteiger partial charge in [-0.1, -0.05) is 0 Å². The molecule has 25 heavy (non-hydrogen) atoms. The zero-order valence-corrected chi connectivity index (χ0v) is 13.9. The number of hydrogen-bond acceptors (Lipinski definition) is 6. The van der Waals surface area contributed by atoms with E-state index in [2.05, 4.69) is 10.6 Å². The van der Waals surface area contributed by atoms with Gasteiger partial charge in [0.25, 0.3) is 5.69 Å². The third-order valence-corrected chi connectivity index (χ3v) is 3.59. The number of urea groups is 1. The van der Waals surface area contributed by atoms with E-state index in [4.69, 9.17) is 9.47 Å². The number of esters is 1. The molecule has 0 bridgehead atoms. The van der Waals surface area contributed by atoms with Crippen LogP contribution in [0.2, 0.25) is 0 Å². The number of amides is 2. The van der Waals surface area contributed by atoms with Crippen LogP contribution in [0.3, 0.4) is 0 Å². The van der Waals surface area contributed by atoms with Crippen LogP contribution in [-0.4, -0.2) is 36.7 Å². The molecule has 1 aliphatic heterocycles. The van der Waals surface area contributed by atoms with Crippen LogP contribution < -0.4 is 10.6 Å². The van der Waals surface area contributed by atoms with Crippen LogP contribution in [0.4, 0.5) is 10.5 Å². The van der Waals surface area contributed by atoms with Crippen molar-refractivity contribution in [1.29, 1.82) is 0 Å². The van der Waals surface area contributed by atoms with Gasteiger partial charge in [0.05, 0.1) is 23.1 Å². The van der Waals surface area contributed by atoms with Crippen molar-refractivity contribution in [2.75, 3.05) is 19.8 Å². The summed E-state index contributed by atoms with van der Waals surface area (Å²) in [5.41, 5.74) is 1.07. The Balaban J connectivity index is 2.23. The maximum absolute atomic E-state index is 12.4. The molecule has 0 fully saturated rings. The van der Waals surface area contributed by atoms with Gasteiger partial charge in [-0.25, -0.2) is 9.59 Å². The Morgan fingerprint density at radius 2 is 1.96 bits per heavy atom. The predicted octanol–water partition coefficient (Wildman–Crippen LogP) is 1.80. The van der Waals surface area contributed by atoms with Gasteiger partial charge >= 0.3 is 12.0 Å². The van der Waals surface area contributed by atoms with Crippen LogP contribution in [0.15, 0.2) is 35.5 Å². The number of carbonyl (C=O) groups excluding carboxylic acids is 2. The van der Waals surface area contributed by atoms with E-state index < -0.39 is 23.0 Å². The van der Waals surface area contributed by atoms with Gasteiger partial charge in [-0.05, 0) is 31.5 Å². The highest BCUT2D eigenvalue weighted by atomic mass is 16.6. The van der Waals surface area contributed by atoms with Crippen LogP contribution in [0.1, 0.15) is 25.5 Å². The standard InChI is InChI=1S/C16H19N3O6/c1-3-24-8-9-25-15(20)13-10(2)17-16(21)18-14(13)11-4-6-12(7-5-11)19(22)23/h4-7,14H,3,8-9H2,1-2H3,(H2,17,18,21)/t14-/m1/s1. The van der Waals surface area contributed by atoms with Gasteiger partial charge in [-0.15, -0.1) is 0 Å². The molecule has 134 valence electrons. The first-order valence-electron chi connectivity index (χ1n) is 7.71. The largest absolute Gasteiger partial charge is 0.460 e. The number of hydrogen-bond donors (Lipinski definition) is 2. The number of allylic oxidation sites excluding steroid dienone is 1. The minimum Gasteiger partial charge on any atom is -0.460 e. The Bertz CT molecular complexity index is 698. The Kier molecular flexibility index (Phi) is 6.07. The highest BCUT2D eigenvalue weighted by molar-refractivity contribution is 5.95. The monoisotopic (exact) mass is 349 g/mol. The van der Waals surface area contributed by atoms with E-state index >= 15 is 0 Å². The predicted molar refractivity (Wildman–Crippen MR) is 87.7 cm³/mol. The summed E-state index contributed by atoms with van der Waals surface area (Å²) in [7, 11) is 0. The lowest BCUT2D eigenvalue weighted by Gasteiger charge is -2.28. The lowest BCUT2D eigenvalue weighted by atomic mass is 9.95. The molecule has 1 atom stereocenters. The Morgan fingerprint density at radius 3 is 2.56 bits per heavy atom. The maximum atomic E-state index is 12.4. The van der Waals surface area contributed by atoms with E-state index in [1.54, 1.807) is 6.92 Å². The van der Waals surface area contributed by atoms with Crippen molar-refractivity contribution >= 4 is 17.7 Å². The zero-order chi connectivity index (χ0) is 18.4. The Hall–Kier alpha value is -2.94. The van der Waals surface area contributed by atoms with Crippen LogP contribution in [0, 0.1) is 10.1 Å². The third-order valence-electron chi connectivity index (χ3n) is 3.59. The second kappa shape index (κ2) is 8.25. The number of rotatable bonds is 7. The van der Waals surface area contributed by atoms with Crippen LogP contribution >= 0.6 is 0 Å². The van der Waals surface area contributed by atoms with Crippen molar-refractivity contribution in [3.05, 3.63) is 51.2 Å². The average Bonchev–Trinajstić information content (AvgIpc) is 2.58. The maximum Gasteiger partial charge on any atom is 0.338 e. The molecular formula is C16H19N3O6. The van der Waals surface area contributed by atoms with E-state index in [0.717, 1.165) is 0 Å². The van der Waals surface area contributed by atoms with Crippen molar-refractivity contribution in [2.45, 2.75) is 19.9 Å². The molecule has 9 nitrogen and oxygen atoms in total. The summed E-state index contributed by atoms with van der Waals surface area (Å²) in [5, 5.41) is 15.9. The molecule has 0 spiro atoms. The smallest absolute Gasteiger partial charge is 0.338 e. The van der Waals surface area contributed by atoms with Crippen molar-refractivity contribution < 1.29 is 24.0 Å². The summed E-state index contributed by atoms with van der Waals surface area (Å²) in [6.07, 6.45) is 0. The minimum absolute atomic E-state index is 0.0782. The van der Waals surface area contributed by atoms with Crippen molar-refractivity contribution in [3.8, 4) is 0 Å². The third kappa shape index (κ3) is 4.54. The zero-order valence-electron chi connectivity index (χ0n) is 13.9. The van der Waals surface area contributed by atoms with E-state index in [9.17, 15) is 19.7 Å². The molecule has 0 aromatic heterocycles. The fourth-order valence-electron chi connectivity index (χ4n) is 2.42. The molecule has 1 aromatic rings. The second-order valence-electron chi connectivity index (χ2n) is 5.25. The van der Waals surface area contributed by atoms with Crippen molar-refractivity contribution in [2.24, 2.45) is 0 Å². The van der Waals surface area contributed by atoms with E-state index in [-0.39, 0.29) is 24.5 Å². The lowest BCUT2D eigenvalue weighted by molar-refractivity contribution is -0.384. The molecule has 2 N–H and O–H groups in total. The molecule has 2 amide bonds. The molecule has 0 saturated carbocycles. The summed E-state index contributed by atoms with van der Waals surface area (Å²) < 4.78 is 10.3. The molecule has 9 heteroatoms. The second-order valence-corrected chi connectivity index (χ2v) is 5.25. The number of carbonyl (C=O) groups is 2. The molecule has 1 heterocycles. The molecule has 2 rings (SSSR count). The quantitative estimate of drug-likeness (QED) is 0.335. The topological polar surface area (TPSA) is 120 Å². The lowest BCUT2D eigenvalue weighted by Crippen LogP contribution is -2.45. The van der Waals surface area contributed by atoms with E-state index in [1.807, 2.05) is 6.92 Å². The first-order valence-corrected chi connectivity index (χ1v) is 7.71. The number of nitrogens with one attached hydrogen (secondary N) is 2. The number of benzene rings is 1. The molecular weight excluding hydrogens is 330 g/mol. The summed E-state index contributed by atoms with van der Waals surface area (Å²) in [6.45, 7) is 4.30. The molecule has 0 aliphatic carbocycles. The number of ether oxygens (including phenoxy) is 2. The Morgan fingerprint density at radius 1 is 1.28 bits per heavy atom. The first kappa shape index (κ1) is 18.4. The van der Waals surface area contributed by atoms with Gasteiger partial charge in [0.2, 0.25) is 0 Å². The van der Waals surface area contributed by atoms with Gasteiger partial charge in [-0.2, -0.15) is 0 Å². The van der Waals surface area contributed by atoms with E-state index in [1.165, 1.54) is 24.3 Å². The molecule has 0 radical (unpaired) electrons. The summed E-state index contributed by atoms with van der Waals surface area (Å²) >= 11 is 0. The van der Waals surface area contributed by atoms with Crippen LogP contribution in [0.25, 0.3) is 0 Å². The fraction of sp³-hybridized carbons (Fsp3) is 0.375. The van der Waals surface area contributed by atoms with Gasteiger partial charge in [0.1, 0.15) is 6.61 Å². The van der Waals surface area contributed by atoms with Crippen molar-refractivity contribution in [3.63, 3.8) is 0 Å². The number of non-ortho nitro benzene ring substituents is 1. The normalized spacial score (nSPS) is 16.9. The first-order chi connectivity index (χ1) is 11.9. The average molecular weight is 349 g/mol. The number of nitro groups is 1. The SMILES string of the molecule is CCOCCOC(=O)C1=C(C)NC(=O)N[C@@H]1c1ccc([N+](=O)[O-])cc1. The highest BCUT2D eigenvalue weighted by Crippen LogP contribution is 2.28. The van der Waals surface area contributed by atoms with E-state index in [0.29, 0.717) is 17.9 Å². The van der Waals surface area contributed by atoms with Gasteiger partial charge in [0.15, 0.2) is 0 Å². The molecule has 1 aromatic carbocycles.